The number of fused-ring (bicyclic) bond motifs is 3. The number of rotatable bonds is 5. The second kappa shape index (κ2) is 6.52. The highest BCUT2D eigenvalue weighted by molar-refractivity contribution is 4.96. The molecule has 0 N–H and O–H groups in total. The first-order chi connectivity index (χ1) is 10.9. The average molecular weight is 336 g/mol. The topological polar surface area (TPSA) is 27.7 Å². The zero-order valence-corrected chi connectivity index (χ0v) is 13.8. The van der Waals surface area contributed by atoms with Crippen molar-refractivity contribution in [2.75, 3.05) is 19.8 Å². The van der Waals surface area contributed by atoms with Gasteiger partial charge in [-0.05, 0) is 24.7 Å². The van der Waals surface area contributed by atoms with Gasteiger partial charge in [0.15, 0.2) is 0 Å². The highest BCUT2D eigenvalue weighted by Gasteiger charge is 2.68. The van der Waals surface area contributed by atoms with Crippen LogP contribution in [0.2, 0.25) is 0 Å². The minimum absolute atomic E-state index is 0.0949. The third-order valence-corrected chi connectivity index (χ3v) is 5.92. The second-order valence-electron chi connectivity index (χ2n) is 7.50. The van der Waals surface area contributed by atoms with Crippen LogP contribution in [-0.2, 0) is 14.2 Å². The molecule has 0 aromatic heterocycles. The van der Waals surface area contributed by atoms with E-state index in [4.69, 9.17) is 14.2 Å². The molecule has 6 heteroatoms. The predicted molar refractivity (Wildman–Crippen MR) is 78.7 cm³/mol. The van der Waals surface area contributed by atoms with Crippen molar-refractivity contribution in [1.29, 1.82) is 0 Å². The van der Waals surface area contributed by atoms with Crippen LogP contribution in [-0.4, -0.2) is 32.0 Å². The molecule has 1 aliphatic carbocycles. The van der Waals surface area contributed by atoms with Gasteiger partial charge < -0.3 is 14.2 Å². The van der Waals surface area contributed by atoms with Gasteiger partial charge in [-0.1, -0.05) is 45.4 Å². The molecule has 0 atom stereocenters. The van der Waals surface area contributed by atoms with Gasteiger partial charge in [0.2, 0.25) is 0 Å². The summed E-state index contributed by atoms with van der Waals surface area (Å²) in [5.74, 6) is -1.69. The minimum Gasteiger partial charge on any atom is -0.319 e. The van der Waals surface area contributed by atoms with Gasteiger partial charge in [-0.2, -0.15) is 13.2 Å². The molecule has 1 saturated carbocycles. The van der Waals surface area contributed by atoms with Gasteiger partial charge in [0, 0.05) is 5.41 Å². The maximum absolute atomic E-state index is 13.0. The Balaban J connectivity index is 1.53. The van der Waals surface area contributed by atoms with Gasteiger partial charge in [0.05, 0.1) is 19.8 Å². The Morgan fingerprint density at radius 3 is 1.96 bits per heavy atom. The van der Waals surface area contributed by atoms with Crippen LogP contribution in [0.25, 0.3) is 0 Å². The van der Waals surface area contributed by atoms with E-state index in [1.807, 2.05) is 0 Å². The van der Waals surface area contributed by atoms with E-state index in [0.717, 1.165) is 18.8 Å². The first-order valence-corrected chi connectivity index (χ1v) is 8.89. The molecule has 3 aliphatic heterocycles. The van der Waals surface area contributed by atoms with Gasteiger partial charge in [0.25, 0.3) is 0 Å². The van der Waals surface area contributed by atoms with Crippen molar-refractivity contribution in [3.05, 3.63) is 0 Å². The smallest absolute Gasteiger partial charge is 0.319 e. The zero-order valence-electron chi connectivity index (χ0n) is 13.8. The van der Waals surface area contributed by atoms with E-state index in [0.29, 0.717) is 5.92 Å². The standard InChI is InChI=1S/C17H27F3O3/c1-2-3-4-5-13-6-8-14(9-7-13)15-10-21-17(22-11-15,23-12-15)16(18,19)20/h13-14H,2-12H2,1H3. The monoisotopic (exact) mass is 336 g/mol. The largest absolute Gasteiger partial charge is 0.473 e. The van der Waals surface area contributed by atoms with Crippen molar-refractivity contribution in [2.45, 2.75) is 70.4 Å². The Hall–Kier alpha value is -0.330. The quantitative estimate of drug-likeness (QED) is 0.684. The molecular weight excluding hydrogens is 309 g/mol. The molecule has 0 radical (unpaired) electrons. The summed E-state index contributed by atoms with van der Waals surface area (Å²) in [7, 11) is 0. The number of unbranched alkanes of at least 4 members (excludes halogenated alkanes) is 2. The van der Waals surface area contributed by atoms with Crippen molar-refractivity contribution in [3.63, 3.8) is 0 Å². The fourth-order valence-corrected chi connectivity index (χ4v) is 4.31. The Morgan fingerprint density at radius 2 is 1.48 bits per heavy atom. The van der Waals surface area contributed by atoms with Crippen molar-refractivity contribution in [2.24, 2.45) is 17.3 Å². The molecule has 2 bridgehead atoms. The van der Waals surface area contributed by atoms with Crippen molar-refractivity contribution < 1.29 is 27.4 Å². The number of ether oxygens (including phenoxy) is 3. The van der Waals surface area contributed by atoms with Crippen LogP contribution >= 0.6 is 0 Å². The fourth-order valence-electron chi connectivity index (χ4n) is 4.31. The molecule has 0 amide bonds. The highest BCUT2D eigenvalue weighted by Crippen LogP contribution is 2.52. The highest BCUT2D eigenvalue weighted by atomic mass is 19.4. The summed E-state index contributed by atoms with van der Waals surface area (Å²) in [5, 5.41) is 0. The summed E-state index contributed by atoms with van der Waals surface area (Å²) in [6.07, 6.45) is 4.90. The van der Waals surface area contributed by atoms with Gasteiger partial charge in [-0.15, -0.1) is 0 Å². The fraction of sp³-hybridized carbons (Fsp3) is 1.00. The van der Waals surface area contributed by atoms with E-state index >= 15 is 0 Å². The molecule has 0 aromatic rings. The molecule has 3 nitrogen and oxygen atoms in total. The first kappa shape index (κ1) is 17.5. The normalized spacial score (nSPS) is 41.2. The molecule has 23 heavy (non-hydrogen) atoms. The maximum atomic E-state index is 13.0. The van der Waals surface area contributed by atoms with Crippen molar-refractivity contribution in [3.8, 4) is 0 Å². The SMILES string of the molecule is CCCCCC1CCC(C23COC(C(F)(F)F)(OC2)OC3)CC1. The van der Waals surface area contributed by atoms with E-state index < -0.39 is 12.1 Å². The van der Waals surface area contributed by atoms with E-state index in [-0.39, 0.29) is 25.2 Å². The van der Waals surface area contributed by atoms with E-state index in [1.165, 1.54) is 38.5 Å². The van der Waals surface area contributed by atoms with E-state index in [1.54, 1.807) is 0 Å². The summed E-state index contributed by atoms with van der Waals surface area (Å²) in [5.41, 5.74) is -0.388. The van der Waals surface area contributed by atoms with Gasteiger partial charge in [-0.25, -0.2) is 0 Å². The molecule has 3 saturated heterocycles. The summed E-state index contributed by atoms with van der Waals surface area (Å²) in [6.45, 7) is 2.50. The van der Waals surface area contributed by atoms with Gasteiger partial charge in [0.1, 0.15) is 0 Å². The molecule has 0 unspecified atom stereocenters. The Kier molecular flexibility index (Phi) is 4.96. The summed E-state index contributed by atoms with van der Waals surface area (Å²) >= 11 is 0. The number of hydrogen-bond donors (Lipinski definition) is 0. The molecular formula is C17H27F3O3. The number of alkyl halides is 3. The van der Waals surface area contributed by atoms with Gasteiger partial charge >= 0.3 is 12.1 Å². The number of hydrogen-bond acceptors (Lipinski definition) is 3. The van der Waals surface area contributed by atoms with Gasteiger partial charge in [-0.3, -0.25) is 0 Å². The third-order valence-electron chi connectivity index (χ3n) is 5.92. The number of halogens is 3. The lowest BCUT2D eigenvalue weighted by molar-refractivity contribution is -0.544. The molecule has 4 rings (SSSR count). The molecule has 0 spiro atoms. The molecule has 4 aliphatic rings. The van der Waals surface area contributed by atoms with Crippen molar-refractivity contribution in [1.82, 2.24) is 0 Å². The first-order valence-electron chi connectivity index (χ1n) is 8.89. The second-order valence-corrected chi connectivity index (χ2v) is 7.50. The Bertz CT molecular complexity index is 378. The third kappa shape index (κ3) is 3.27. The van der Waals surface area contributed by atoms with Crippen LogP contribution in [0.15, 0.2) is 0 Å². The van der Waals surface area contributed by atoms with Crippen LogP contribution in [0, 0.1) is 17.3 Å². The lowest BCUT2D eigenvalue weighted by Gasteiger charge is -2.55. The lowest BCUT2D eigenvalue weighted by atomic mass is 9.66. The minimum atomic E-state index is -4.64. The van der Waals surface area contributed by atoms with Crippen LogP contribution in [0.3, 0.4) is 0 Å². The van der Waals surface area contributed by atoms with E-state index in [9.17, 15) is 13.2 Å². The van der Waals surface area contributed by atoms with Crippen LogP contribution < -0.4 is 0 Å². The Labute approximate surface area is 135 Å². The molecule has 134 valence electrons. The molecule has 0 aromatic carbocycles. The summed E-state index contributed by atoms with van der Waals surface area (Å²) < 4.78 is 54.1. The van der Waals surface area contributed by atoms with Crippen LogP contribution in [0.5, 0.6) is 0 Å². The molecule has 3 heterocycles. The van der Waals surface area contributed by atoms with Crippen molar-refractivity contribution >= 4 is 0 Å². The Morgan fingerprint density at radius 1 is 0.913 bits per heavy atom. The predicted octanol–water partition coefficient (Wildman–Crippen LogP) is 4.65. The zero-order chi connectivity index (χ0) is 16.6. The van der Waals surface area contributed by atoms with Crippen LogP contribution in [0.4, 0.5) is 13.2 Å². The maximum Gasteiger partial charge on any atom is 0.473 e. The summed E-state index contributed by atoms with van der Waals surface area (Å²) in [6, 6.07) is 0. The van der Waals surface area contributed by atoms with E-state index in [2.05, 4.69) is 6.92 Å². The molecule has 4 fully saturated rings. The van der Waals surface area contributed by atoms with Crippen LogP contribution in [0.1, 0.15) is 58.3 Å². The summed E-state index contributed by atoms with van der Waals surface area (Å²) in [4.78, 5) is 0. The lowest BCUT2D eigenvalue weighted by Crippen LogP contribution is -2.67. The average Bonchev–Trinajstić information content (AvgIpc) is 2.56.